The Hall–Kier alpha value is -2.17. The van der Waals surface area contributed by atoms with Crippen molar-refractivity contribution in [1.29, 1.82) is 0 Å². The maximum Gasteiger partial charge on any atom is 0.422 e. The lowest BCUT2D eigenvalue weighted by Crippen LogP contribution is -2.45. The summed E-state index contributed by atoms with van der Waals surface area (Å²) < 4.78 is 83.2. The smallest absolute Gasteiger partial charge is 0.422 e. The minimum absolute atomic E-state index is 0.249. The normalized spacial score (nSPS) is 18.1. The Balaban J connectivity index is 2.17. The van der Waals surface area contributed by atoms with E-state index in [0.29, 0.717) is 13.0 Å². The Labute approximate surface area is 151 Å². The zero-order valence-corrected chi connectivity index (χ0v) is 14.0. The lowest BCUT2D eigenvalue weighted by molar-refractivity contribution is -0.154. The summed E-state index contributed by atoms with van der Waals surface area (Å²) in [6.07, 6.45) is -7.76. The number of benzene rings is 1. The lowest BCUT2D eigenvalue weighted by atomic mass is 10.1. The van der Waals surface area contributed by atoms with Gasteiger partial charge in [0.1, 0.15) is 11.5 Å². The molecule has 1 unspecified atom stereocenters. The Morgan fingerprint density at radius 3 is 2.37 bits per heavy atom. The Bertz CT molecular complexity index is 642. The third-order valence-corrected chi connectivity index (χ3v) is 3.62. The highest BCUT2D eigenvalue weighted by Gasteiger charge is 2.31. The molecule has 1 aliphatic rings. The van der Waals surface area contributed by atoms with Gasteiger partial charge in [-0.15, -0.1) is 0 Å². The molecule has 152 valence electrons. The topological polar surface area (TPSA) is 59.6 Å². The summed E-state index contributed by atoms with van der Waals surface area (Å²) in [4.78, 5) is 12.4. The first-order chi connectivity index (χ1) is 12.5. The average molecular weight is 400 g/mol. The number of piperidine rings is 1. The fourth-order valence-electron chi connectivity index (χ4n) is 2.47. The van der Waals surface area contributed by atoms with E-state index in [0.717, 1.165) is 31.2 Å². The maximum atomic E-state index is 12.4. The van der Waals surface area contributed by atoms with E-state index in [9.17, 15) is 31.1 Å². The molecule has 2 N–H and O–H groups in total. The number of alkyl halides is 6. The van der Waals surface area contributed by atoms with E-state index in [1.807, 2.05) is 0 Å². The summed E-state index contributed by atoms with van der Waals surface area (Å²) in [5.74, 6) is -1.45. The van der Waals surface area contributed by atoms with Crippen LogP contribution in [0.4, 0.5) is 26.3 Å². The van der Waals surface area contributed by atoms with E-state index in [-0.39, 0.29) is 17.4 Å². The van der Waals surface area contributed by atoms with Crippen molar-refractivity contribution < 1.29 is 40.6 Å². The van der Waals surface area contributed by atoms with Gasteiger partial charge in [-0.05, 0) is 37.6 Å². The second-order valence-electron chi connectivity index (χ2n) is 5.98. The van der Waals surface area contributed by atoms with Crippen LogP contribution >= 0.6 is 0 Å². The Morgan fingerprint density at radius 2 is 1.78 bits per heavy atom. The summed E-state index contributed by atoms with van der Waals surface area (Å²) in [7, 11) is 0. The molecule has 0 saturated carbocycles. The molecule has 0 radical (unpaired) electrons. The molecule has 1 aliphatic heterocycles. The second kappa shape index (κ2) is 8.68. The Morgan fingerprint density at radius 1 is 1.11 bits per heavy atom. The molecule has 1 amide bonds. The first-order valence-electron chi connectivity index (χ1n) is 8.08. The zero-order valence-electron chi connectivity index (χ0n) is 14.0. The molecule has 0 spiro atoms. The van der Waals surface area contributed by atoms with Crippen LogP contribution in [-0.2, 0) is 0 Å². The van der Waals surface area contributed by atoms with Crippen molar-refractivity contribution in [2.75, 3.05) is 26.3 Å². The number of hydrogen-bond donors (Lipinski definition) is 2. The molecule has 0 aliphatic carbocycles. The van der Waals surface area contributed by atoms with Gasteiger partial charge in [-0.1, -0.05) is 0 Å². The number of amides is 1. The van der Waals surface area contributed by atoms with E-state index in [2.05, 4.69) is 20.1 Å². The van der Waals surface area contributed by atoms with Crippen LogP contribution in [0.15, 0.2) is 18.2 Å². The predicted octanol–water partition coefficient (Wildman–Crippen LogP) is 3.05. The van der Waals surface area contributed by atoms with Crippen LogP contribution in [0.2, 0.25) is 0 Å². The summed E-state index contributed by atoms with van der Waals surface area (Å²) in [6, 6.07) is 2.67. The van der Waals surface area contributed by atoms with Crippen LogP contribution < -0.4 is 20.1 Å². The van der Waals surface area contributed by atoms with Crippen molar-refractivity contribution in [3.8, 4) is 11.5 Å². The molecule has 2 rings (SSSR count). The second-order valence-corrected chi connectivity index (χ2v) is 5.98. The molecule has 11 heteroatoms. The number of carbonyl (C=O) groups is 1. The molecule has 0 aromatic heterocycles. The highest BCUT2D eigenvalue weighted by molar-refractivity contribution is 5.97. The summed E-state index contributed by atoms with van der Waals surface area (Å²) in [6.45, 7) is -1.97. The first kappa shape index (κ1) is 21.1. The van der Waals surface area contributed by atoms with Crippen LogP contribution in [0.5, 0.6) is 11.5 Å². The van der Waals surface area contributed by atoms with E-state index in [1.165, 1.54) is 0 Å². The van der Waals surface area contributed by atoms with Gasteiger partial charge in [0.2, 0.25) is 0 Å². The van der Waals surface area contributed by atoms with Crippen LogP contribution in [0.3, 0.4) is 0 Å². The van der Waals surface area contributed by atoms with E-state index in [1.54, 1.807) is 0 Å². The third kappa shape index (κ3) is 7.53. The molecular weight excluding hydrogens is 382 g/mol. The van der Waals surface area contributed by atoms with Gasteiger partial charge in [-0.2, -0.15) is 26.3 Å². The van der Waals surface area contributed by atoms with E-state index in [4.69, 9.17) is 0 Å². The fourth-order valence-corrected chi connectivity index (χ4v) is 2.47. The highest BCUT2D eigenvalue weighted by atomic mass is 19.4. The Kier molecular flexibility index (Phi) is 6.79. The maximum absolute atomic E-state index is 12.4. The van der Waals surface area contributed by atoms with Crippen LogP contribution in [-0.4, -0.2) is 50.6 Å². The number of halogens is 6. The summed E-state index contributed by atoms with van der Waals surface area (Å²) in [5.41, 5.74) is -0.329. The van der Waals surface area contributed by atoms with Crippen molar-refractivity contribution in [3.63, 3.8) is 0 Å². The zero-order chi connectivity index (χ0) is 20.1. The molecule has 1 atom stereocenters. The number of hydrogen-bond acceptors (Lipinski definition) is 4. The van der Waals surface area contributed by atoms with Crippen LogP contribution in [0.1, 0.15) is 23.2 Å². The van der Waals surface area contributed by atoms with Crippen molar-refractivity contribution in [2.24, 2.45) is 0 Å². The van der Waals surface area contributed by atoms with E-state index >= 15 is 0 Å². The lowest BCUT2D eigenvalue weighted by Gasteiger charge is -2.24. The molecule has 1 heterocycles. The molecule has 1 fully saturated rings. The van der Waals surface area contributed by atoms with Crippen molar-refractivity contribution >= 4 is 5.91 Å². The van der Waals surface area contributed by atoms with Crippen LogP contribution in [0, 0.1) is 0 Å². The fraction of sp³-hybridized carbons (Fsp3) is 0.562. The quantitative estimate of drug-likeness (QED) is 0.721. The molecule has 1 saturated heterocycles. The molecular formula is C16H18F6N2O3. The van der Waals surface area contributed by atoms with Gasteiger partial charge < -0.3 is 20.1 Å². The monoisotopic (exact) mass is 400 g/mol. The summed E-state index contributed by atoms with van der Waals surface area (Å²) >= 11 is 0. The number of nitrogens with one attached hydrogen (secondary N) is 2. The summed E-state index contributed by atoms with van der Waals surface area (Å²) in [5, 5.41) is 5.69. The average Bonchev–Trinajstić information content (AvgIpc) is 2.58. The van der Waals surface area contributed by atoms with Crippen LogP contribution in [0.25, 0.3) is 0 Å². The third-order valence-electron chi connectivity index (χ3n) is 3.62. The SMILES string of the molecule is O=C(NC1CCCNC1)c1cc(OCC(F)(F)F)ccc1OCC(F)(F)F. The van der Waals surface area contributed by atoms with Gasteiger partial charge in [0, 0.05) is 12.6 Å². The van der Waals surface area contributed by atoms with E-state index < -0.39 is 37.2 Å². The minimum Gasteiger partial charge on any atom is -0.484 e. The van der Waals surface area contributed by atoms with Gasteiger partial charge in [0.25, 0.3) is 5.91 Å². The number of ether oxygens (including phenoxy) is 2. The molecule has 1 aromatic carbocycles. The van der Waals surface area contributed by atoms with Gasteiger partial charge in [-0.3, -0.25) is 4.79 Å². The largest absolute Gasteiger partial charge is 0.484 e. The van der Waals surface area contributed by atoms with Gasteiger partial charge in [0.15, 0.2) is 13.2 Å². The molecule has 0 bridgehead atoms. The molecule has 1 aromatic rings. The highest BCUT2D eigenvalue weighted by Crippen LogP contribution is 2.28. The molecule has 27 heavy (non-hydrogen) atoms. The number of carbonyl (C=O) groups excluding carboxylic acids is 1. The van der Waals surface area contributed by atoms with Crippen molar-refractivity contribution in [3.05, 3.63) is 23.8 Å². The van der Waals surface area contributed by atoms with Crippen molar-refractivity contribution in [1.82, 2.24) is 10.6 Å². The molecule has 5 nitrogen and oxygen atoms in total. The standard InChI is InChI=1S/C16H18F6N2O3/c17-15(18,19)8-26-11-3-4-13(27-9-16(20,21)22)12(6-11)14(25)24-10-2-1-5-23-7-10/h3-4,6,10,23H,1-2,5,7-9H2,(H,24,25). The number of rotatable bonds is 6. The van der Waals surface area contributed by atoms with Gasteiger partial charge in [-0.25, -0.2) is 0 Å². The predicted molar refractivity (Wildman–Crippen MR) is 82.9 cm³/mol. The van der Waals surface area contributed by atoms with Crippen molar-refractivity contribution in [2.45, 2.75) is 31.2 Å². The first-order valence-corrected chi connectivity index (χ1v) is 8.08. The minimum atomic E-state index is -4.63. The van der Waals surface area contributed by atoms with Gasteiger partial charge >= 0.3 is 12.4 Å². The van der Waals surface area contributed by atoms with Gasteiger partial charge in [0.05, 0.1) is 5.56 Å².